The van der Waals surface area contributed by atoms with Crippen LogP contribution in [-0.2, 0) is 0 Å². The summed E-state index contributed by atoms with van der Waals surface area (Å²) in [6.45, 7) is 1.25. The molecule has 0 aliphatic carbocycles. The third-order valence-electron chi connectivity index (χ3n) is 4.44. The van der Waals surface area contributed by atoms with Gasteiger partial charge < -0.3 is 14.4 Å². The first-order valence-corrected chi connectivity index (χ1v) is 11.1. The van der Waals surface area contributed by atoms with Gasteiger partial charge in [0.2, 0.25) is 0 Å². The molecule has 1 amide bonds. The van der Waals surface area contributed by atoms with Crippen LogP contribution in [0.2, 0.25) is 0 Å². The number of anilines is 1. The van der Waals surface area contributed by atoms with Gasteiger partial charge in [-0.2, -0.15) is 0 Å². The fourth-order valence-electron chi connectivity index (χ4n) is 2.86. The molecule has 0 N–H and O–H groups in total. The number of halogens is 1. The van der Waals surface area contributed by atoms with Crippen LogP contribution in [0.1, 0.15) is 10.4 Å². The molecule has 9 heteroatoms. The van der Waals surface area contributed by atoms with Crippen LogP contribution in [0.25, 0.3) is 10.2 Å². The van der Waals surface area contributed by atoms with Crippen molar-refractivity contribution >= 4 is 56.8 Å². The van der Waals surface area contributed by atoms with E-state index in [1.807, 2.05) is 37.4 Å². The number of rotatable bonds is 8. The highest BCUT2D eigenvalue weighted by Crippen LogP contribution is 2.35. The molecule has 0 bridgehead atoms. The molecule has 30 heavy (non-hydrogen) atoms. The van der Waals surface area contributed by atoms with Crippen molar-refractivity contribution < 1.29 is 14.3 Å². The molecule has 162 valence electrons. The number of carbonyl (C=O) groups is 1. The summed E-state index contributed by atoms with van der Waals surface area (Å²) in [5.74, 6) is 1.03. The Morgan fingerprint density at radius 3 is 2.33 bits per heavy atom. The number of thiazole rings is 1. The van der Waals surface area contributed by atoms with Crippen molar-refractivity contribution in [3.8, 4) is 11.5 Å². The highest BCUT2D eigenvalue weighted by Gasteiger charge is 2.23. The topological polar surface area (TPSA) is 54.9 Å². The molecule has 0 saturated carbocycles. The number of likely N-dealkylation sites (N-methyl/N-ethyl adjacent to an activating group) is 1. The van der Waals surface area contributed by atoms with E-state index in [0.29, 0.717) is 28.7 Å². The number of hydrogen-bond acceptors (Lipinski definition) is 7. The lowest BCUT2D eigenvalue weighted by Crippen LogP contribution is -2.36. The molecule has 3 rings (SSSR count). The Labute approximate surface area is 191 Å². The van der Waals surface area contributed by atoms with Crippen LogP contribution in [0.4, 0.5) is 5.13 Å². The first kappa shape index (κ1) is 24.3. The zero-order valence-electron chi connectivity index (χ0n) is 17.7. The molecule has 0 unspecified atom stereocenters. The predicted molar refractivity (Wildman–Crippen MR) is 128 cm³/mol. The van der Waals surface area contributed by atoms with Crippen LogP contribution >= 0.6 is 35.5 Å². The number of thioether (sulfide) groups is 1. The molecule has 0 aliphatic rings. The average Bonchev–Trinajstić information content (AvgIpc) is 3.16. The maximum Gasteiger partial charge on any atom is 0.260 e. The zero-order valence-corrected chi connectivity index (χ0v) is 20.1. The quantitative estimate of drug-likeness (QED) is 0.449. The van der Waals surface area contributed by atoms with Gasteiger partial charge in [-0.3, -0.25) is 9.69 Å². The van der Waals surface area contributed by atoms with Crippen LogP contribution in [0.15, 0.2) is 41.3 Å². The van der Waals surface area contributed by atoms with E-state index in [1.165, 1.54) is 11.3 Å². The first-order valence-electron chi connectivity index (χ1n) is 9.10. The second-order valence-electron chi connectivity index (χ2n) is 6.66. The Morgan fingerprint density at radius 1 is 1.10 bits per heavy atom. The zero-order chi connectivity index (χ0) is 21.0. The Kier molecular flexibility index (Phi) is 8.78. The van der Waals surface area contributed by atoms with Crippen molar-refractivity contribution in [2.75, 3.05) is 52.6 Å². The Bertz CT molecular complexity index is 988. The van der Waals surface area contributed by atoms with Gasteiger partial charge >= 0.3 is 0 Å². The second kappa shape index (κ2) is 10.9. The molecule has 6 nitrogen and oxygen atoms in total. The van der Waals surface area contributed by atoms with Crippen molar-refractivity contribution in [3.63, 3.8) is 0 Å². The summed E-state index contributed by atoms with van der Waals surface area (Å²) in [5.41, 5.74) is 1.44. The molecule has 0 spiro atoms. The van der Waals surface area contributed by atoms with Crippen molar-refractivity contribution in [1.29, 1.82) is 0 Å². The van der Waals surface area contributed by atoms with Gasteiger partial charge in [0.25, 0.3) is 5.91 Å². The van der Waals surface area contributed by atoms with Crippen LogP contribution < -0.4 is 14.4 Å². The first-order chi connectivity index (χ1) is 14.0. The SMILES string of the molecule is COc1cc(OC)cc(C(=O)N(CCN(C)C)c2nc3c(SC)cccc3s2)c1.Cl. The van der Waals surface area contributed by atoms with Gasteiger partial charge in [-0.05, 0) is 44.6 Å². The molecular weight excluding hydrogens is 442 g/mol. The number of methoxy groups -OCH3 is 2. The van der Waals surface area contributed by atoms with E-state index in [-0.39, 0.29) is 18.3 Å². The standard InChI is InChI=1S/C21H25N3O3S2.ClH/c1-23(2)9-10-24(20(25)14-11-15(26-3)13-16(12-14)27-4)21-22-19-17(28-5)7-6-8-18(19)29-21;/h6-8,11-13H,9-10H2,1-5H3;1H. The molecule has 0 fully saturated rings. The van der Waals surface area contributed by atoms with Gasteiger partial charge in [-0.15, -0.1) is 24.2 Å². The molecule has 0 atom stereocenters. The largest absolute Gasteiger partial charge is 0.497 e. The summed E-state index contributed by atoms with van der Waals surface area (Å²) in [7, 11) is 7.12. The molecular formula is C21H26ClN3O3S2. The van der Waals surface area contributed by atoms with E-state index in [4.69, 9.17) is 14.5 Å². The lowest BCUT2D eigenvalue weighted by Gasteiger charge is -2.22. The molecule has 0 radical (unpaired) electrons. The molecule has 3 aromatic rings. The third-order valence-corrected chi connectivity index (χ3v) is 6.25. The van der Waals surface area contributed by atoms with Gasteiger partial charge in [0.05, 0.1) is 24.4 Å². The predicted octanol–water partition coefficient (Wildman–Crippen LogP) is 4.67. The molecule has 1 aromatic heterocycles. The summed E-state index contributed by atoms with van der Waals surface area (Å²) in [6, 6.07) is 11.3. The van der Waals surface area contributed by atoms with Crippen LogP contribution in [0.3, 0.4) is 0 Å². The highest BCUT2D eigenvalue weighted by atomic mass is 35.5. The Balaban J connectivity index is 0.00000320. The number of fused-ring (bicyclic) bond motifs is 1. The number of nitrogens with zero attached hydrogens (tertiary/aromatic N) is 3. The molecule has 2 aromatic carbocycles. The summed E-state index contributed by atoms with van der Waals surface area (Å²) >= 11 is 3.18. The Morgan fingerprint density at radius 2 is 1.77 bits per heavy atom. The summed E-state index contributed by atoms with van der Waals surface area (Å²) < 4.78 is 11.7. The number of benzene rings is 2. The number of ether oxygens (including phenoxy) is 2. The number of amides is 1. The van der Waals surface area contributed by atoms with E-state index >= 15 is 0 Å². The summed E-state index contributed by atoms with van der Waals surface area (Å²) in [4.78, 5) is 23.2. The minimum absolute atomic E-state index is 0. The lowest BCUT2D eigenvalue weighted by atomic mass is 10.1. The van der Waals surface area contributed by atoms with E-state index in [1.54, 1.807) is 49.1 Å². The number of para-hydroxylation sites is 1. The van der Waals surface area contributed by atoms with Crippen molar-refractivity contribution in [2.45, 2.75) is 4.90 Å². The van der Waals surface area contributed by atoms with E-state index < -0.39 is 0 Å². The highest BCUT2D eigenvalue weighted by molar-refractivity contribution is 7.98. The van der Waals surface area contributed by atoms with Crippen LogP contribution in [0.5, 0.6) is 11.5 Å². The van der Waals surface area contributed by atoms with Crippen LogP contribution in [0, 0.1) is 0 Å². The van der Waals surface area contributed by atoms with Gasteiger partial charge in [0.1, 0.15) is 11.5 Å². The van der Waals surface area contributed by atoms with E-state index in [2.05, 4.69) is 6.07 Å². The summed E-state index contributed by atoms with van der Waals surface area (Å²) in [6.07, 6.45) is 2.03. The minimum atomic E-state index is -0.131. The number of hydrogen-bond donors (Lipinski definition) is 0. The van der Waals surface area contributed by atoms with Crippen molar-refractivity contribution in [2.24, 2.45) is 0 Å². The smallest absolute Gasteiger partial charge is 0.260 e. The lowest BCUT2D eigenvalue weighted by molar-refractivity contribution is 0.0984. The summed E-state index contributed by atoms with van der Waals surface area (Å²) in [5, 5.41) is 0.690. The fraction of sp³-hybridized carbons (Fsp3) is 0.333. The second-order valence-corrected chi connectivity index (χ2v) is 8.52. The van der Waals surface area contributed by atoms with Crippen molar-refractivity contribution in [1.82, 2.24) is 9.88 Å². The molecule has 1 heterocycles. The van der Waals surface area contributed by atoms with Gasteiger partial charge in [0, 0.05) is 29.6 Å². The van der Waals surface area contributed by atoms with Crippen LogP contribution in [-0.4, -0.2) is 63.5 Å². The van der Waals surface area contributed by atoms with E-state index in [9.17, 15) is 4.79 Å². The third kappa shape index (κ3) is 5.37. The van der Waals surface area contributed by atoms with Gasteiger partial charge in [-0.1, -0.05) is 17.4 Å². The van der Waals surface area contributed by atoms with Gasteiger partial charge in [0.15, 0.2) is 5.13 Å². The normalized spacial score (nSPS) is 10.7. The average molecular weight is 468 g/mol. The maximum absolute atomic E-state index is 13.5. The monoisotopic (exact) mass is 467 g/mol. The number of aromatic nitrogens is 1. The Hall–Kier alpha value is -2.00. The maximum atomic E-state index is 13.5. The van der Waals surface area contributed by atoms with Crippen molar-refractivity contribution in [3.05, 3.63) is 42.0 Å². The minimum Gasteiger partial charge on any atom is -0.497 e. The van der Waals surface area contributed by atoms with E-state index in [0.717, 1.165) is 21.7 Å². The number of carbonyl (C=O) groups excluding carboxylic acids is 1. The fourth-order valence-corrected chi connectivity index (χ4v) is 4.51. The molecule has 0 saturated heterocycles. The molecule has 0 aliphatic heterocycles. The van der Waals surface area contributed by atoms with Gasteiger partial charge in [-0.25, -0.2) is 4.98 Å².